The zero-order chi connectivity index (χ0) is 21.4. The molecule has 1 aromatic heterocycles. The van der Waals surface area contributed by atoms with Crippen molar-refractivity contribution >= 4 is 11.9 Å². The first-order valence-corrected chi connectivity index (χ1v) is 11.9. The fraction of sp³-hybridized carbons (Fsp3) is 0.818. The minimum absolute atomic E-state index is 0.0148. The van der Waals surface area contributed by atoms with Crippen LogP contribution >= 0.6 is 0 Å². The number of rotatable bonds is 6. The molecule has 5 aliphatic rings. The number of amides is 3. The lowest BCUT2D eigenvalue weighted by Gasteiger charge is -2.56. The van der Waals surface area contributed by atoms with Crippen LogP contribution in [0.1, 0.15) is 56.6 Å². The molecule has 1 aromatic rings. The van der Waals surface area contributed by atoms with Crippen molar-refractivity contribution in [1.29, 1.82) is 0 Å². The number of carbonyl (C=O) groups is 2. The van der Waals surface area contributed by atoms with Gasteiger partial charge in [0.25, 0.3) is 0 Å². The van der Waals surface area contributed by atoms with E-state index >= 15 is 0 Å². The van der Waals surface area contributed by atoms with E-state index in [1.165, 1.54) is 19.3 Å². The summed E-state index contributed by atoms with van der Waals surface area (Å²) in [7, 11) is 0. The Kier molecular flexibility index (Phi) is 5.62. The lowest BCUT2D eigenvalue weighted by Crippen LogP contribution is -2.61. The van der Waals surface area contributed by atoms with Crippen LogP contribution < -0.4 is 10.6 Å². The number of nitrogens with zero attached hydrogens (tertiary/aromatic N) is 4. The van der Waals surface area contributed by atoms with E-state index in [4.69, 9.17) is 0 Å². The van der Waals surface area contributed by atoms with Crippen LogP contribution in [0.25, 0.3) is 0 Å². The molecule has 2 heterocycles. The highest BCUT2D eigenvalue weighted by molar-refractivity contribution is 5.78. The molecule has 170 valence electrons. The summed E-state index contributed by atoms with van der Waals surface area (Å²) in [6.07, 6.45) is 7.87. The Morgan fingerprint density at radius 2 is 1.71 bits per heavy atom. The summed E-state index contributed by atoms with van der Waals surface area (Å²) in [5.74, 6) is 4.15. The van der Waals surface area contributed by atoms with Gasteiger partial charge in [0.1, 0.15) is 5.82 Å². The Bertz CT molecular complexity index is 779. The van der Waals surface area contributed by atoms with E-state index in [9.17, 15) is 9.59 Å². The number of hydrogen-bond donors (Lipinski definition) is 3. The van der Waals surface area contributed by atoms with Gasteiger partial charge in [0.05, 0.1) is 6.54 Å². The molecule has 0 radical (unpaired) electrons. The highest BCUT2D eigenvalue weighted by atomic mass is 16.2. The van der Waals surface area contributed by atoms with Crippen LogP contribution in [0.15, 0.2) is 0 Å². The smallest absolute Gasteiger partial charge is 0.315 e. The summed E-state index contributed by atoms with van der Waals surface area (Å²) in [5.41, 5.74) is 0.0148. The van der Waals surface area contributed by atoms with E-state index < -0.39 is 0 Å². The quantitative estimate of drug-likeness (QED) is 0.634. The molecule has 1 aliphatic heterocycles. The molecular weight excluding hydrogens is 394 g/mol. The summed E-state index contributed by atoms with van der Waals surface area (Å²) < 4.78 is 0. The molecule has 4 aliphatic carbocycles. The van der Waals surface area contributed by atoms with E-state index in [1.54, 1.807) is 0 Å². The topological polar surface area (TPSA) is 106 Å². The van der Waals surface area contributed by atoms with Gasteiger partial charge >= 0.3 is 6.03 Å². The summed E-state index contributed by atoms with van der Waals surface area (Å²) >= 11 is 0. The number of aryl methyl sites for hydroxylation is 1. The second-order valence-corrected chi connectivity index (χ2v) is 10.3. The van der Waals surface area contributed by atoms with Crippen LogP contribution in [0.5, 0.6) is 0 Å². The van der Waals surface area contributed by atoms with Gasteiger partial charge in [0.2, 0.25) is 5.91 Å². The number of H-pyrrole nitrogens is 1. The van der Waals surface area contributed by atoms with Crippen LogP contribution in [0.2, 0.25) is 0 Å². The molecule has 31 heavy (non-hydrogen) atoms. The van der Waals surface area contributed by atoms with Gasteiger partial charge in [-0.2, -0.15) is 5.10 Å². The lowest BCUT2D eigenvalue weighted by molar-refractivity contribution is -0.132. The molecule has 0 unspecified atom stereocenters. The summed E-state index contributed by atoms with van der Waals surface area (Å²) in [6, 6.07) is -0.0960. The number of nitrogens with one attached hydrogen (secondary N) is 3. The van der Waals surface area contributed by atoms with Crippen LogP contribution in [0.4, 0.5) is 4.79 Å². The molecule has 4 bridgehead atoms. The first-order valence-electron chi connectivity index (χ1n) is 11.9. The number of hydrogen-bond acceptors (Lipinski definition) is 5. The predicted molar refractivity (Wildman–Crippen MR) is 115 cm³/mol. The monoisotopic (exact) mass is 429 g/mol. The van der Waals surface area contributed by atoms with Gasteiger partial charge in [0, 0.05) is 44.7 Å². The average molecular weight is 430 g/mol. The highest BCUT2D eigenvalue weighted by Crippen LogP contribution is 2.55. The average Bonchev–Trinajstić information content (AvgIpc) is 3.11. The second kappa shape index (κ2) is 8.41. The molecule has 5 fully saturated rings. The minimum Gasteiger partial charge on any atom is -0.340 e. The van der Waals surface area contributed by atoms with E-state index in [1.807, 2.05) is 11.8 Å². The lowest BCUT2D eigenvalue weighted by atomic mass is 9.53. The summed E-state index contributed by atoms with van der Waals surface area (Å²) in [5, 5.41) is 13.3. The van der Waals surface area contributed by atoms with Gasteiger partial charge in [-0.15, -0.1) is 0 Å². The molecular formula is C22H35N7O2. The number of carbonyl (C=O) groups excluding carboxylic acids is 2. The number of aromatic nitrogens is 3. The SMILES string of the molecule is Cc1nc(CN2CCN(C(=O)CCNC(=O)NC34CC5CC(CC(C5)C3)C4)CC2)n[nH]1. The van der Waals surface area contributed by atoms with Gasteiger partial charge < -0.3 is 15.5 Å². The Labute approximate surface area is 183 Å². The molecule has 0 atom stereocenters. The Morgan fingerprint density at radius 3 is 2.29 bits per heavy atom. The third-order valence-corrected chi connectivity index (χ3v) is 7.77. The molecule has 3 N–H and O–H groups in total. The second-order valence-electron chi connectivity index (χ2n) is 10.3. The van der Waals surface area contributed by atoms with Crippen molar-refractivity contribution in [2.45, 2.75) is 64.0 Å². The van der Waals surface area contributed by atoms with Crippen molar-refractivity contribution in [2.24, 2.45) is 17.8 Å². The van der Waals surface area contributed by atoms with Gasteiger partial charge in [0.15, 0.2) is 5.82 Å². The first kappa shape index (κ1) is 20.7. The molecule has 9 heteroatoms. The molecule has 6 rings (SSSR count). The first-order chi connectivity index (χ1) is 15.0. The van der Waals surface area contributed by atoms with E-state index in [0.29, 0.717) is 32.6 Å². The summed E-state index contributed by atoms with van der Waals surface area (Å²) in [4.78, 5) is 33.6. The van der Waals surface area contributed by atoms with Crippen molar-refractivity contribution in [3.05, 3.63) is 11.6 Å². The largest absolute Gasteiger partial charge is 0.340 e. The van der Waals surface area contributed by atoms with Gasteiger partial charge in [-0.25, -0.2) is 9.78 Å². The maximum atomic E-state index is 12.6. The third-order valence-electron chi connectivity index (χ3n) is 7.77. The normalized spacial score (nSPS) is 32.3. The molecule has 1 saturated heterocycles. The van der Waals surface area contributed by atoms with Crippen LogP contribution in [0.3, 0.4) is 0 Å². The molecule has 4 saturated carbocycles. The van der Waals surface area contributed by atoms with E-state index in [-0.39, 0.29) is 17.5 Å². The van der Waals surface area contributed by atoms with Crippen molar-refractivity contribution in [3.8, 4) is 0 Å². The fourth-order valence-electron chi connectivity index (χ4n) is 6.80. The molecule has 0 spiro atoms. The number of piperazine rings is 1. The van der Waals surface area contributed by atoms with Crippen molar-refractivity contribution < 1.29 is 9.59 Å². The third kappa shape index (κ3) is 4.71. The zero-order valence-electron chi connectivity index (χ0n) is 18.5. The minimum atomic E-state index is -0.0960. The van der Waals surface area contributed by atoms with Gasteiger partial charge in [-0.05, 0) is 63.2 Å². The Morgan fingerprint density at radius 1 is 1.06 bits per heavy atom. The maximum absolute atomic E-state index is 12.6. The fourth-order valence-corrected chi connectivity index (χ4v) is 6.80. The van der Waals surface area contributed by atoms with Gasteiger partial charge in [-0.1, -0.05) is 0 Å². The van der Waals surface area contributed by atoms with Crippen molar-refractivity contribution in [1.82, 2.24) is 35.6 Å². The standard InChI is InChI=1S/C22H35N7O2/c1-15-24-19(27-26-15)14-28-4-6-29(7-5-28)20(30)2-3-23-21(31)25-22-11-16-8-17(12-22)10-18(9-16)13-22/h16-18H,2-14H2,1H3,(H2,23,25,31)(H,24,26,27). The maximum Gasteiger partial charge on any atom is 0.315 e. The van der Waals surface area contributed by atoms with E-state index in [2.05, 4.69) is 30.7 Å². The number of aromatic amines is 1. The van der Waals surface area contributed by atoms with Crippen LogP contribution in [0, 0.1) is 24.7 Å². The predicted octanol–water partition coefficient (Wildman–Crippen LogP) is 1.42. The molecule has 0 aromatic carbocycles. The number of urea groups is 1. The summed E-state index contributed by atoms with van der Waals surface area (Å²) in [6.45, 7) is 6.05. The van der Waals surface area contributed by atoms with E-state index in [0.717, 1.165) is 61.8 Å². The van der Waals surface area contributed by atoms with Gasteiger partial charge in [-0.3, -0.25) is 14.8 Å². The highest BCUT2D eigenvalue weighted by Gasteiger charge is 2.51. The molecule has 3 amide bonds. The van der Waals surface area contributed by atoms with Crippen LogP contribution in [-0.2, 0) is 11.3 Å². The Hall–Kier alpha value is -2.16. The Balaban J connectivity index is 1.01. The van der Waals surface area contributed by atoms with Crippen molar-refractivity contribution in [2.75, 3.05) is 32.7 Å². The van der Waals surface area contributed by atoms with Crippen LogP contribution in [-0.4, -0.2) is 75.2 Å². The van der Waals surface area contributed by atoms with Crippen molar-refractivity contribution in [3.63, 3.8) is 0 Å². The molecule has 9 nitrogen and oxygen atoms in total. The zero-order valence-corrected chi connectivity index (χ0v) is 18.5.